The molecule has 0 aromatic heterocycles. The van der Waals surface area contributed by atoms with Gasteiger partial charge < -0.3 is 4.74 Å². The number of Topliss-reactive ketones (excluding diaryl/α,β-unsaturated/α-hetero) is 1. The fourth-order valence-electron chi connectivity index (χ4n) is 1.46. The van der Waals surface area contributed by atoms with Crippen molar-refractivity contribution in [3.05, 3.63) is 45.6 Å². The molecule has 0 radical (unpaired) electrons. The summed E-state index contributed by atoms with van der Waals surface area (Å²) in [5.41, 5.74) is -0.573. The normalized spacial score (nSPS) is 14.6. The minimum absolute atomic E-state index is 0.0140. The third kappa shape index (κ3) is 2.00. The van der Waals surface area contributed by atoms with Gasteiger partial charge in [-0.2, -0.15) is 0 Å². The molecule has 16 heavy (non-hydrogen) atoms. The van der Waals surface area contributed by atoms with Gasteiger partial charge in [-0.1, -0.05) is 15.9 Å². The highest BCUT2D eigenvalue weighted by molar-refractivity contribution is 9.10. The Bertz CT molecular complexity index is 460. The predicted molar refractivity (Wildman–Crippen MR) is 57.0 cm³/mol. The van der Waals surface area contributed by atoms with Crippen LogP contribution < -0.4 is 0 Å². The zero-order chi connectivity index (χ0) is 11.7. The molecule has 0 aliphatic carbocycles. The fourth-order valence-corrected chi connectivity index (χ4v) is 1.86. The van der Waals surface area contributed by atoms with Gasteiger partial charge in [-0.3, -0.25) is 4.79 Å². The number of ether oxygens (including phenoxy) is 1. The van der Waals surface area contributed by atoms with Crippen molar-refractivity contribution in [3.8, 4) is 0 Å². The first-order valence-electron chi connectivity index (χ1n) is 4.62. The Hall–Kier alpha value is -1.23. The molecule has 2 rings (SSSR count). The van der Waals surface area contributed by atoms with E-state index in [1.54, 1.807) is 0 Å². The van der Waals surface area contributed by atoms with Gasteiger partial charge in [0.1, 0.15) is 11.6 Å². The van der Waals surface area contributed by atoms with E-state index < -0.39 is 23.0 Å². The molecular weight excluding hydrogens is 282 g/mol. The number of rotatable bonds is 2. The molecule has 2 nitrogen and oxygen atoms in total. The van der Waals surface area contributed by atoms with E-state index in [-0.39, 0.29) is 10.2 Å². The highest BCUT2D eigenvalue weighted by Crippen LogP contribution is 2.23. The number of carbonyl (C=O) groups excluding carboxylic acids is 1. The zero-order valence-electron chi connectivity index (χ0n) is 8.10. The lowest BCUT2D eigenvalue weighted by Crippen LogP contribution is -2.09. The Balaban J connectivity index is 2.44. The molecule has 0 saturated carbocycles. The Morgan fingerprint density at radius 3 is 2.44 bits per heavy atom. The molecule has 0 fully saturated rings. The Morgan fingerprint density at radius 2 is 1.94 bits per heavy atom. The SMILES string of the molecule is O=C(C1=CCCO1)c1c(F)cc(Br)cc1F. The molecule has 1 aromatic rings. The topological polar surface area (TPSA) is 26.3 Å². The molecule has 0 bridgehead atoms. The van der Waals surface area contributed by atoms with Gasteiger partial charge in [0.25, 0.3) is 0 Å². The maximum Gasteiger partial charge on any atom is 0.233 e. The number of hydrogen-bond acceptors (Lipinski definition) is 2. The average molecular weight is 289 g/mol. The second-order valence-electron chi connectivity index (χ2n) is 3.28. The quantitative estimate of drug-likeness (QED) is 0.781. The Morgan fingerprint density at radius 1 is 1.31 bits per heavy atom. The summed E-state index contributed by atoms with van der Waals surface area (Å²) in [4.78, 5) is 11.7. The highest BCUT2D eigenvalue weighted by atomic mass is 79.9. The van der Waals surface area contributed by atoms with Crippen LogP contribution in [0.25, 0.3) is 0 Å². The summed E-state index contributed by atoms with van der Waals surface area (Å²) >= 11 is 2.94. The van der Waals surface area contributed by atoms with Crippen LogP contribution in [0.5, 0.6) is 0 Å². The molecule has 0 unspecified atom stereocenters. The monoisotopic (exact) mass is 288 g/mol. The van der Waals surface area contributed by atoms with E-state index in [4.69, 9.17) is 4.74 Å². The lowest BCUT2D eigenvalue weighted by atomic mass is 10.1. The van der Waals surface area contributed by atoms with Crippen molar-refractivity contribution in [2.75, 3.05) is 6.61 Å². The summed E-state index contributed by atoms with van der Waals surface area (Å²) < 4.78 is 32.1. The summed E-state index contributed by atoms with van der Waals surface area (Å²) in [5.74, 6) is -2.53. The van der Waals surface area contributed by atoms with Crippen LogP contribution in [0.15, 0.2) is 28.4 Å². The van der Waals surface area contributed by atoms with Gasteiger partial charge in [0.05, 0.1) is 12.2 Å². The third-order valence-corrected chi connectivity index (χ3v) is 2.62. The highest BCUT2D eigenvalue weighted by Gasteiger charge is 2.24. The van der Waals surface area contributed by atoms with Gasteiger partial charge in [0, 0.05) is 10.9 Å². The van der Waals surface area contributed by atoms with Gasteiger partial charge in [-0.05, 0) is 18.2 Å². The smallest absolute Gasteiger partial charge is 0.233 e. The number of hydrogen-bond donors (Lipinski definition) is 0. The van der Waals surface area contributed by atoms with Crippen LogP contribution in [0.2, 0.25) is 0 Å². The summed E-state index contributed by atoms with van der Waals surface area (Å²) in [6.45, 7) is 0.376. The van der Waals surface area contributed by atoms with Crippen molar-refractivity contribution < 1.29 is 18.3 Å². The number of allylic oxidation sites excluding steroid dienone is 1. The van der Waals surface area contributed by atoms with E-state index in [0.29, 0.717) is 13.0 Å². The van der Waals surface area contributed by atoms with E-state index in [0.717, 1.165) is 12.1 Å². The van der Waals surface area contributed by atoms with Crippen LogP contribution in [0.3, 0.4) is 0 Å². The van der Waals surface area contributed by atoms with Crippen molar-refractivity contribution in [1.82, 2.24) is 0 Å². The average Bonchev–Trinajstić information content (AvgIpc) is 2.67. The molecule has 0 saturated heterocycles. The van der Waals surface area contributed by atoms with Crippen LogP contribution in [0, 0.1) is 11.6 Å². The largest absolute Gasteiger partial charge is 0.489 e. The van der Waals surface area contributed by atoms with Gasteiger partial charge in [-0.25, -0.2) is 8.78 Å². The lowest BCUT2D eigenvalue weighted by molar-refractivity contribution is 0.0934. The van der Waals surface area contributed by atoms with E-state index in [2.05, 4.69) is 15.9 Å². The first kappa shape index (κ1) is 11.3. The van der Waals surface area contributed by atoms with Crippen LogP contribution in [0.1, 0.15) is 16.8 Å². The maximum atomic E-state index is 13.4. The molecule has 1 aliphatic heterocycles. The molecule has 5 heteroatoms. The first-order chi connectivity index (χ1) is 7.59. The van der Waals surface area contributed by atoms with Crippen molar-refractivity contribution in [2.24, 2.45) is 0 Å². The summed E-state index contributed by atoms with van der Waals surface area (Å²) in [6, 6.07) is 2.09. The Kier molecular flexibility index (Phi) is 3.05. The molecule has 1 heterocycles. The van der Waals surface area contributed by atoms with E-state index in [1.807, 2.05) is 0 Å². The van der Waals surface area contributed by atoms with E-state index in [9.17, 15) is 13.6 Å². The fraction of sp³-hybridized carbons (Fsp3) is 0.182. The molecule has 1 aliphatic rings. The number of ketones is 1. The Labute approximate surface area is 99.0 Å². The van der Waals surface area contributed by atoms with E-state index in [1.165, 1.54) is 6.08 Å². The van der Waals surface area contributed by atoms with Crippen molar-refractivity contribution in [2.45, 2.75) is 6.42 Å². The molecule has 0 atom stereocenters. The van der Waals surface area contributed by atoms with Gasteiger partial charge in [0.15, 0.2) is 5.76 Å². The van der Waals surface area contributed by atoms with Crippen LogP contribution in [0.4, 0.5) is 8.78 Å². The third-order valence-electron chi connectivity index (χ3n) is 2.16. The van der Waals surface area contributed by atoms with Crippen LogP contribution in [-0.4, -0.2) is 12.4 Å². The summed E-state index contributed by atoms with van der Waals surface area (Å²) in [5, 5.41) is 0. The molecule has 1 aromatic carbocycles. The van der Waals surface area contributed by atoms with Crippen molar-refractivity contribution in [1.29, 1.82) is 0 Å². The predicted octanol–water partition coefficient (Wildman–Crippen LogP) is 3.21. The molecule has 0 amide bonds. The number of halogens is 3. The summed E-state index contributed by atoms with van der Waals surface area (Å²) in [6.07, 6.45) is 2.12. The number of carbonyl (C=O) groups is 1. The second-order valence-corrected chi connectivity index (χ2v) is 4.19. The van der Waals surface area contributed by atoms with Gasteiger partial charge >= 0.3 is 0 Å². The van der Waals surface area contributed by atoms with Crippen molar-refractivity contribution in [3.63, 3.8) is 0 Å². The minimum Gasteiger partial charge on any atom is -0.489 e. The zero-order valence-corrected chi connectivity index (χ0v) is 9.68. The van der Waals surface area contributed by atoms with Crippen LogP contribution >= 0.6 is 15.9 Å². The van der Waals surface area contributed by atoms with Crippen LogP contribution in [-0.2, 0) is 4.74 Å². The minimum atomic E-state index is -0.895. The first-order valence-corrected chi connectivity index (χ1v) is 5.41. The molecule has 0 spiro atoms. The van der Waals surface area contributed by atoms with E-state index >= 15 is 0 Å². The van der Waals surface area contributed by atoms with Crippen molar-refractivity contribution >= 4 is 21.7 Å². The standard InChI is InChI=1S/C11H7BrF2O2/c12-6-4-7(13)10(8(14)5-6)11(15)9-2-1-3-16-9/h2,4-5H,1,3H2. The lowest BCUT2D eigenvalue weighted by Gasteiger charge is -2.06. The summed E-state index contributed by atoms with van der Waals surface area (Å²) in [7, 11) is 0. The van der Waals surface area contributed by atoms with Gasteiger partial charge in [0.2, 0.25) is 5.78 Å². The maximum absolute atomic E-state index is 13.4. The molecule has 0 N–H and O–H groups in total. The number of benzene rings is 1. The van der Waals surface area contributed by atoms with Gasteiger partial charge in [-0.15, -0.1) is 0 Å². The molecule has 84 valence electrons. The molecular formula is C11H7BrF2O2. The second kappa shape index (κ2) is 4.33.